The van der Waals surface area contributed by atoms with Crippen molar-refractivity contribution in [2.45, 2.75) is 12.5 Å². The van der Waals surface area contributed by atoms with Crippen LogP contribution in [0, 0.1) is 0 Å². The van der Waals surface area contributed by atoms with Crippen LogP contribution >= 0.6 is 0 Å². The van der Waals surface area contributed by atoms with E-state index in [0.29, 0.717) is 5.69 Å². The lowest BCUT2D eigenvalue weighted by Crippen LogP contribution is -2.38. The smallest absolute Gasteiger partial charge is 0.335 e. The summed E-state index contributed by atoms with van der Waals surface area (Å²) >= 11 is 0. The van der Waals surface area contributed by atoms with Gasteiger partial charge in [0.2, 0.25) is 0 Å². The third kappa shape index (κ3) is 2.07. The van der Waals surface area contributed by atoms with Crippen LogP contribution in [0.1, 0.15) is 23.0 Å². The van der Waals surface area contributed by atoms with E-state index in [2.05, 4.69) is 4.98 Å². The highest BCUT2D eigenvalue weighted by Crippen LogP contribution is 2.15. The third-order valence-electron chi connectivity index (χ3n) is 1.92. The predicted octanol–water partition coefficient (Wildman–Crippen LogP) is -0.0540. The van der Waals surface area contributed by atoms with Gasteiger partial charge >= 0.3 is 5.97 Å². The highest BCUT2D eigenvalue weighted by Gasteiger charge is 2.22. The van der Waals surface area contributed by atoms with Crippen molar-refractivity contribution in [1.82, 2.24) is 4.98 Å². The number of pyridine rings is 1. The average molecular weight is 196 g/mol. The van der Waals surface area contributed by atoms with Gasteiger partial charge in [0, 0.05) is 6.20 Å². The van der Waals surface area contributed by atoms with Crippen LogP contribution in [-0.4, -0.2) is 27.8 Å². The summed E-state index contributed by atoms with van der Waals surface area (Å²) in [5.74, 6) is -1.04. The van der Waals surface area contributed by atoms with Crippen molar-refractivity contribution in [3.63, 3.8) is 0 Å². The van der Waals surface area contributed by atoms with Crippen molar-refractivity contribution in [3.05, 3.63) is 29.6 Å². The largest absolute Gasteiger partial charge is 0.478 e. The van der Waals surface area contributed by atoms with Gasteiger partial charge in [-0.2, -0.15) is 0 Å². The molecule has 0 radical (unpaired) electrons. The predicted molar refractivity (Wildman–Crippen MR) is 49.8 cm³/mol. The van der Waals surface area contributed by atoms with E-state index in [-0.39, 0.29) is 12.2 Å². The molecule has 0 aliphatic carbocycles. The van der Waals surface area contributed by atoms with E-state index in [1.807, 2.05) is 0 Å². The van der Waals surface area contributed by atoms with E-state index < -0.39 is 11.5 Å². The molecular weight excluding hydrogens is 184 g/mol. The number of aliphatic hydroxyl groups excluding tert-OH is 1. The zero-order valence-corrected chi connectivity index (χ0v) is 7.77. The number of nitrogens with zero attached hydrogens (tertiary/aromatic N) is 1. The zero-order chi connectivity index (χ0) is 10.8. The summed E-state index contributed by atoms with van der Waals surface area (Å²) in [7, 11) is 0. The molecule has 0 amide bonds. The standard InChI is InChI=1S/C9H12N2O3/c1-9(10,5-12)7-4-6(8(13)14)2-3-11-7/h2-4,12H,5,10H2,1H3,(H,13,14). The van der Waals surface area contributed by atoms with Gasteiger partial charge < -0.3 is 15.9 Å². The molecule has 0 aliphatic rings. The maximum atomic E-state index is 10.6. The molecule has 0 saturated carbocycles. The minimum atomic E-state index is -1.04. The van der Waals surface area contributed by atoms with Crippen molar-refractivity contribution in [3.8, 4) is 0 Å². The van der Waals surface area contributed by atoms with Crippen molar-refractivity contribution < 1.29 is 15.0 Å². The van der Waals surface area contributed by atoms with Gasteiger partial charge in [0.15, 0.2) is 0 Å². The minimum absolute atomic E-state index is 0.111. The molecule has 1 atom stereocenters. The molecule has 0 spiro atoms. The molecule has 0 fully saturated rings. The van der Waals surface area contributed by atoms with Gasteiger partial charge in [-0.1, -0.05) is 0 Å². The lowest BCUT2D eigenvalue weighted by molar-refractivity contribution is 0.0696. The number of carboxylic acid groups (broad SMARTS) is 1. The van der Waals surface area contributed by atoms with Crippen LogP contribution in [0.25, 0.3) is 0 Å². The van der Waals surface area contributed by atoms with Crippen molar-refractivity contribution in [2.24, 2.45) is 5.73 Å². The Balaban J connectivity index is 3.12. The van der Waals surface area contributed by atoms with Gasteiger partial charge in [-0.3, -0.25) is 4.98 Å². The van der Waals surface area contributed by atoms with Crippen molar-refractivity contribution >= 4 is 5.97 Å². The molecule has 1 aromatic heterocycles. The fourth-order valence-corrected chi connectivity index (χ4v) is 0.957. The van der Waals surface area contributed by atoms with Crippen LogP contribution in [0.2, 0.25) is 0 Å². The average Bonchev–Trinajstić information content (AvgIpc) is 2.18. The molecule has 76 valence electrons. The van der Waals surface area contributed by atoms with E-state index in [4.69, 9.17) is 15.9 Å². The molecule has 0 saturated heterocycles. The van der Waals surface area contributed by atoms with E-state index >= 15 is 0 Å². The molecule has 4 N–H and O–H groups in total. The summed E-state index contributed by atoms with van der Waals surface area (Å²) in [6.07, 6.45) is 1.36. The summed E-state index contributed by atoms with van der Waals surface area (Å²) in [5, 5.41) is 17.7. The van der Waals surface area contributed by atoms with Gasteiger partial charge in [0.1, 0.15) is 0 Å². The number of aliphatic hydroxyl groups is 1. The van der Waals surface area contributed by atoms with E-state index in [9.17, 15) is 4.79 Å². The molecule has 1 unspecified atom stereocenters. The van der Waals surface area contributed by atoms with Crippen molar-refractivity contribution in [1.29, 1.82) is 0 Å². The SMILES string of the molecule is CC(N)(CO)c1cc(C(=O)O)ccn1. The first-order valence-electron chi connectivity index (χ1n) is 4.07. The number of hydrogen-bond donors (Lipinski definition) is 3. The summed E-state index contributed by atoms with van der Waals surface area (Å²) in [6, 6.07) is 2.73. The molecule has 0 bridgehead atoms. The van der Waals surface area contributed by atoms with Crippen LogP contribution in [-0.2, 0) is 5.54 Å². The Bertz CT molecular complexity index is 350. The maximum absolute atomic E-state index is 10.6. The summed E-state index contributed by atoms with van der Waals surface area (Å²) in [5.41, 5.74) is 5.16. The Kier molecular flexibility index (Phi) is 2.83. The molecule has 0 aromatic carbocycles. The van der Waals surface area contributed by atoms with Gasteiger partial charge in [0.25, 0.3) is 0 Å². The number of aromatic carboxylic acids is 1. The highest BCUT2D eigenvalue weighted by molar-refractivity contribution is 5.87. The van der Waals surface area contributed by atoms with Gasteiger partial charge in [0.05, 0.1) is 23.4 Å². The zero-order valence-electron chi connectivity index (χ0n) is 7.77. The first-order chi connectivity index (χ1) is 6.47. The Morgan fingerprint density at radius 3 is 2.86 bits per heavy atom. The Hall–Kier alpha value is -1.46. The fraction of sp³-hybridized carbons (Fsp3) is 0.333. The summed E-state index contributed by atoms with van der Waals surface area (Å²) < 4.78 is 0. The molecule has 1 rings (SSSR count). The minimum Gasteiger partial charge on any atom is -0.478 e. The Morgan fingerprint density at radius 1 is 1.71 bits per heavy atom. The molecule has 1 aromatic rings. The Labute approximate surface area is 81.2 Å². The first-order valence-corrected chi connectivity index (χ1v) is 4.07. The number of rotatable bonds is 3. The number of hydrogen-bond acceptors (Lipinski definition) is 4. The highest BCUT2D eigenvalue weighted by atomic mass is 16.4. The number of aromatic nitrogens is 1. The number of nitrogens with two attached hydrogens (primary N) is 1. The lowest BCUT2D eigenvalue weighted by atomic mass is 9.98. The van der Waals surface area contributed by atoms with E-state index in [1.54, 1.807) is 6.92 Å². The second-order valence-corrected chi connectivity index (χ2v) is 3.31. The lowest BCUT2D eigenvalue weighted by Gasteiger charge is -2.20. The molecule has 14 heavy (non-hydrogen) atoms. The quantitative estimate of drug-likeness (QED) is 0.629. The van der Waals surface area contributed by atoms with Crippen LogP contribution in [0.15, 0.2) is 18.3 Å². The molecule has 5 heteroatoms. The van der Waals surface area contributed by atoms with Crippen LogP contribution in [0.3, 0.4) is 0 Å². The molecule has 5 nitrogen and oxygen atoms in total. The van der Waals surface area contributed by atoms with Crippen LogP contribution in [0.5, 0.6) is 0 Å². The first kappa shape index (κ1) is 10.6. The van der Waals surface area contributed by atoms with Gasteiger partial charge in [-0.25, -0.2) is 4.79 Å². The monoisotopic (exact) mass is 196 g/mol. The second-order valence-electron chi connectivity index (χ2n) is 3.31. The maximum Gasteiger partial charge on any atom is 0.335 e. The summed E-state index contributed by atoms with van der Waals surface area (Å²) in [6.45, 7) is 1.30. The number of carboxylic acids is 1. The van der Waals surface area contributed by atoms with Crippen LogP contribution in [0.4, 0.5) is 0 Å². The van der Waals surface area contributed by atoms with E-state index in [0.717, 1.165) is 0 Å². The van der Waals surface area contributed by atoms with E-state index in [1.165, 1.54) is 18.3 Å². The summed E-state index contributed by atoms with van der Waals surface area (Å²) in [4.78, 5) is 14.6. The fourth-order valence-electron chi connectivity index (χ4n) is 0.957. The topological polar surface area (TPSA) is 96.4 Å². The number of carbonyl (C=O) groups is 1. The Morgan fingerprint density at radius 2 is 2.36 bits per heavy atom. The second kappa shape index (κ2) is 3.73. The molecule has 0 aliphatic heterocycles. The molecule has 1 heterocycles. The van der Waals surface area contributed by atoms with Crippen molar-refractivity contribution in [2.75, 3.05) is 6.61 Å². The van der Waals surface area contributed by atoms with Gasteiger partial charge in [-0.05, 0) is 19.1 Å². The molecular formula is C9H12N2O3. The van der Waals surface area contributed by atoms with Crippen LogP contribution < -0.4 is 5.73 Å². The normalized spacial score (nSPS) is 14.8. The van der Waals surface area contributed by atoms with Gasteiger partial charge in [-0.15, -0.1) is 0 Å². The third-order valence-corrected chi connectivity index (χ3v) is 1.92.